The first-order valence-corrected chi connectivity index (χ1v) is 7.86. The molecule has 0 atom stereocenters. The standard InChI is InChI=1S/C16H32O2/c1-4-7-10-13-16(15(17)18,12-9-6-3)14-11-8-5-2/h4-14H2,1-3H3,(H,17,18). The smallest absolute Gasteiger partial charge is 0.309 e. The van der Waals surface area contributed by atoms with Gasteiger partial charge in [-0.2, -0.15) is 0 Å². The van der Waals surface area contributed by atoms with Gasteiger partial charge in [0.1, 0.15) is 0 Å². The van der Waals surface area contributed by atoms with Gasteiger partial charge in [-0.05, 0) is 19.3 Å². The number of rotatable bonds is 12. The van der Waals surface area contributed by atoms with Crippen LogP contribution in [0.1, 0.15) is 91.4 Å². The number of aliphatic carboxylic acids is 1. The van der Waals surface area contributed by atoms with Gasteiger partial charge >= 0.3 is 5.97 Å². The summed E-state index contributed by atoms with van der Waals surface area (Å²) in [4.78, 5) is 11.7. The van der Waals surface area contributed by atoms with Crippen LogP contribution in [0, 0.1) is 5.41 Å². The molecule has 2 heteroatoms. The third kappa shape index (κ3) is 6.42. The van der Waals surface area contributed by atoms with E-state index < -0.39 is 11.4 Å². The summed E-state index contributed by atoms with van der Waals surface area (Å²) in [5, 5.41) is 9.65. The fraction of sp³-hybridized carbons (Fsp3) is 0.938. The zero-order chi connectivity index (χ0) is 13.9. The first-order valence-electron chi connectivity index (χ1n) is 7.86. The molecule has 0 amide bonds. The minimum absolute atomic E-state index is 0.430. The average molecular weight is 256 g/mol. The van der Waals surface area contributed by atoms with Gasteiger partial charge in [0.15, 0.2) is 0 Å². The lowest BCUT2D eigenvalue weighted by atomic mass is 9.74. The van der Waals surface area contributed by atoms with E-state index in [1.807, 2.05) is 0 Å². The van der Waals surface area contributed by atoms with Gasteiger partial charge in [0.25, 0.3) is 0 Å². The molecule has 2 nitrogen and oxygen atoms in total. The van der Waals surface area contributed by atoms with Crippen LogP contribution in [0.25, 0.3) is 0 Å². The van der Waals surface area contributed by atoms with Crippen LogP contribution in [-0.4, -0.2) is 11.1 Å². The molecular formula is C16H32O2. The van der Waals surface area contributed by atoms with Gasteiger partial charge in [0, 0.05) is 0 Å². The molecule has 0 rings (SSSR count). The molecule has 0 fully saturated rings. The van der Waals surface area contributed by atoms with Crippen LogP contribution >= 0.6 is 0 Å². The number of carboxylic acids is 1. The van der Waals surface area contributed by atoms with Crippen molar-refractivity contribution in [1.29, 1.82) is 0 Å². The second kappa shape index (κ2) is 10.4. The summed E-state index contributed by atoms with van der Waals surface area (Å²) in [5.41, 5.74) is -0.430. The third-order valence-corrected chi connectivity index (χ3v) is 3.98. The average Bonchev–Trinajstić information content (AvgIpc) is 2.35. The maximum absolute atomic E-state index is 11.7. The summed E-state index contributed by atoms with van der Waals surface area (Å²) in [5.74, 6) is -0.553. The van der Waals surface area contributed by atoms with Crippen molar-refractivity contribution in [1.82, 2.24) is 0 Å². The van der Waals surface area contributed by atoms with E-state index >= 15 is 0 Å². The van der Waals surface area contributed by atoms with E-state index in [4.69, 9.17) is 0 Å². The SMILES string of the molecule is CCCCCC(CCCC)(CCCCC)C(=O)O. The highest BCUT2D eigenvalue weighted by atomic mass is 16.4. The van der Waals surface area contributed by atoms with E-state index in [0.29, 0.717) is 0 Å². The highest BCUT2D eigenvalue weighted by Crippen LogP contribution is 2.37. The molecule has 0 aliphatic carbocycles. The Kier molecular flexibility index (Phi) is 10.1. The lowest BCUT2D eigenvalue weighted by Gasteiger charge is -2.29. The number of hydrogen-bond donors (Lipinski definition) is 1. The molecule has 0 aromatic heterocycles. The molecule has 0 saturated carbocycles. The normalized spacial score (nSPS) is 11.7. The molecule has 0 aliphatic heterocycles. The Morgan fingerprint density at radius 3 is 1.50 bits per heavy atom. The highest BCUT2D eigenvalue weighted by molar-refractivity contribution is 5.74. The maximum Gasteiger partial charge on any atom is 0.309 e. The van der Waals surface area contributed by atoms with Gasteiger partial charge in [-0.3, -0.25) is 4.79 Å². The maximum atomic E-state index is 11.7. The lowest BCUT2D eigenvalue weighted by Crippen LogP contribution is -2.31. The molecule has 0 heterocycles. The van der Waals surface area contributed by atoms with Crippen LogP contribution in [0.4, 0.5) is 0 Å². The van der Waals surface area contributed by atoms with Crippen molar-refractivity contribution in [3.63, 3.8) is 0 Å². The van der Waals surface area contributed by atoms with E-state index in [-0.39, 0.29) is 0 Å². The van der Waals surface area contributed by atoms with E-state index in [0.717, 1.165) is 57.8 Å². The largest absolute Gasteiger partial charge is 0.481 e. The molecule has 0 aromatic carbocycles. The van der Waals surface area contributed by atoms with Gasteiger partial charge in [0.2, 0.25) is 0 Å². The van der Waals surface area contributed by atoms with E-state index in [1.165, 1.54) is 12.8 Å². The summed E-state index contributed by atoms with van der Waals surface area (Å²) in [6.45, 7) is 6.49. The van der Waals surface area contributed by atoms with Crippen molar-refractivity contribution in [2.45, 2.75) is 91.4 Å². The first-order chi connectivity index (χ1) is 8.63. The minimum atomic E-state index is -0.553. The Morgan fingerprint density at radius 2 is 1.17 bits per heavy atom. The third-order valence-electron chi connectivity index (χ3n) is 3.98. The van der Waals surface area contributed by atoms with E-state index in [2.05, 4.69) is 20.8 Å². The van der Waals surface area contributed by atoms with Crippen LogP contribution in [-0.2, 0) is 4.79 Å². The lowest BCUT2D eigenvalue weighted by molar-refractivity contribution is -0.150. The topological polar surface area (TPSA) is 37.3 Å². The number of carboxylic acid groups (broad SMARTS) is 1. The summed E-state index contributed by atoms with van der Waals surface area (Å²) in [7, 11) is 0. The fourth-order valence-corrected chi connectivity index (χ4v) is 2.64. The predicted octanol–water partition coefficient (Wildman–Crippen LogP) is 5.41. The van der Waals surface area contributed by atoms with Crippen LogP contribution in [0.5, 0.6) is 0 Å². The van der Waals surface area contributed by atoms with Crippen LogP contribution < -0.4 is 0 Å². The summed E-state index contributed by atoms with van der Waals surface area (Å²) < 4.78 is 0. The Balaban J connectivity index is 4.51. The fourth-order valence-electron chi connectivity index (χ4n) is 2.64. The molecule has 1 N–H and O–H groups in total. The minimum Gasteiger partial charge on any atom is -0.481 e. The van der Waals surface area contributed by atoms with Crippen molar-refractivity contribution in [2.75, 3.05) is 0 Å². The Labute approximate surface area is 113 Å². The van der Waals surface area contributed by atoms with Crippen LogP contribution in [0.2, 0.25) is 0 Å². The molecule has 0 radical (unpaired) electrons. The quantitative estimate of drug-likeness (QED) is 0.474. The van der Waals surface area contributed by atoms with Gasteiger partial charge in [-0.15, -0.1) is 0 Å². The van der Waals surface area contributed by atoms with Gasteiger partial charge in [-0.1, -0.05) is 72.1 Å². The second-order valence-corrected chi connectivity index (χ2v) is 5.60. The van der Waals surface area contributed by atoms with Crippen molar-refractivity contribution in [2.24, 2.45) is 5.41 Å². The van der Waals surface area contributed by atoms with Crippen molar-refractivity contribution in [3.05, 3.63) is 0 Å². The molecule has 0 spiro atoms. The molecule has 18 heavy (non-hydrogen) atoms. The number of carbonyl (C=O) groups is 1. The van der Waals surface area contributed by atoms with E-state index in [9.17, 15) is 9.90 Å². The molecule has 0 bridgehead atoms. The Bertz CT molecular complexity index is 201. The van der Waals surface area contributed by atoms with Gasteiger partial charge in [-0.25, -0.2) is 0 Å². The molecule has 0 unspecified atom stereocenters. The Morgan fingerprint density at radius 1 is 0.778 bits per heavy atom. The molecule has 0 aliphatic rings. The van der Waals surface area contributed by atoms with Gasteiger partial charge < -0.3 is 5.11 Å². The molecule has 108 valence electrons. The van der Waals surface area contributed by atoms with Gasteiger partial charge in [0.05, 0.1) is 5.41 Å². The predicted molar refractivity (Wildman–Crippen MR) is 77.9 cm³/mol. The summed E-state index contributed by atoms with van der Waals surface area (Å²) in [6, 6.07) is 0. The van der Waals surface area contributed by atoms with Crippen molar-refractivity contribution < 1.29 is 9.90 Å². The van der Waals surface area contributed by atoms with Crippen LogP contribution in [0.3, 0.4) is 0 Å². The zero-order valence-electron chi connectivity index (χ0n) is 12.6. The highest BCUT2D eigenvalue weighted by Gasteiger charge is 2.36. The molecule has 0 saturated heterocycles. The first kappa shape index (κ1) is 17.5. The monoisotopic (exact) mass is 256 g/mol. The summed E-state index contributed by atoms with van der Waals surface area (Å²) >= 11 is 0. The van der Waals surface area contributed by atoms with Crippen LogP contribution in [0.15, 0.2) is 0 Å². The van der Waals surface area contributed by atoms with E-state index in [1.54, 1.807) is 0 Å². The molecule has 0 aromatic rings. The zero-order valence-corrected chi connectivity index (χ0v) is 12.6. The Hall–Kier alpha value is -0.530. The van der Waals surface area contributed by atoms with Crippen molar-refractivity contribution >= 4 is 5.97 Å². The van der Waals surface area contributed by atoms with Crippen molar-refractivity contribution in [3.8, 4) is 0 Å². The number of unbranched alkanes of at least 4 members (excludes halogenated alkanes) is 5. The summed E-state index contributed by atoms with van der Waals surface area (Å²) in [6.07, 6.45) is 11.5. The molecular weight excluding hydrogens is 224 g/mol. The second-order valence-electron chi connectivity index (χ2n) is 5.60. The number of hydrogen-bond acceptors (Lipinski definition) is 1.